The smallest absolute Gasteiger partial charge is 0.481 e. The van der Waals surface area contributed by atoms with E-state index in [-0.39, 0.29) is 35.4 Å². The van der Waals surface area contributed by atoms with E-state index >= 15 is 0 Å². The van der Waals surface area contributed by atoms with Gasteiger partial charge >= 0.3 is 23.2 Å². The summed E-state index contributed by atoms with van der Waals surface area (Å²) in [6.45, 7) is 2.55. The first-order valence-electron chi connectivity index (χ1n) is 9.10. The second kappa shape index (κ2) is 8.72. The first-order chi connectivity index (χ1) is 14.3. The van der Waals surface area contributed by atoms with Crippen molar-refractivity contribution in [3.05, 3.63) is 50.9 Å². The summed E-state index contributed by atoms with van der Waals surface area (Å²) in [7, 11) is 0. The van der Waals surface area contributed by atoms with Crippen molar-refractivity contribution in [3.8, 4) is 5.75 Å². The molecule has 3 rings (SSSR count). The molecule has 10 nitrogen and oxygen atoms in total. The molecular weight excluding hydrogens is 401 g/mol. The number of pyridine rings is 1. The number of carbonyl (C=O) groups is 2. The van der Waals surface area contributed by atoms with Crippen molar-refractivity contribution in [2.24, 2.45) is 0 Å². The highest BCUT2D eigenvalue weighted by atomic mass is 19.1. The Bertz CT molecular complexity index is 1250. The topological polar surface area (TPSA) is 121 Å². The third kappa shape index (κ3) is 4.14. The van der Waals surface area contributed by atoms with Gasteiger partial charge < -0.3 is 14.2 Å². The van der Waals surface area contributed by atoms with E-state index in [4.69, 9.17) is 14.2 Å². The molecule has 1 N–H and O–H groups in total. The SMILES string of the molecule is CCOC(=O)COc1cc2c(=O)[nH]n(CC(=O)OCC)c(=O)[n+]2c2ccc(F)cc12. The largest absolute Gasteiger partial charge is 0.523 e. The first kappa shape index (κ1) is 21.0. The molecule has 0 atom stereocenters. The summed E-state index contributed by atoms with van der Waals surface area (Å²) in [5, 5.41) is 2.46. The van der Waals surface area contributed by atoms with Gasteiger partial charge in [-0.05, 0) is 32.0 Å². The molecule has 0 radical (unpaired) electrons. The molecule has 158 valence electrons. The van der Waals surface area contributed by atoms with Gasteiger partial charge in [0.15, 0.2) is 6.61 Å². The van der Waals surface area contributed by atoms with Crippen molar-refractivity contribution in [2.75, 3.05) is 19.8 Å². The summed E-state index contributed by atoms with van der Waals surface area (Å²) in [6, 6.07) is 4.74. The lowest BCUT2D eigenvalue weighted by Crippen LogP contribution is -2.53. The van der Waals surface area contributed by atoms with Gasteiger partial charge in [0, 0.05) is 6.07 Å². The van der Waals surface area contributed by atoms with Crippen molar-refractivity contribution in [1.29, 1.82) is 0 Å². The fourth-order valence-electron chi connectivity index (χ4n) is 2.92. The number of esters is 2. The summed E-state index contributed by atoms with van der Waals surface area (Å²) in [5.41, 5.74) is -1.41. The Hall–Kier alpha value is -3.76. The molecule has 11 heteroatoms. The molecular formula is C19H19FN3O7+. The second-order valence-electron chi connectivity index (χ2n) is 6.10. The molecule has 30 heavy (non-hydrogen) atoms. The van der Waals surface area contributed by atoms with Crippen LogP contribution in [0.2, 0.25) is 0 Å². The fraction of sp³-hybridized carbons (Fsp3) is 0.316. The van der Waals surface area contributed by atoms with Gasteiger partial charge in [-0.2, -0.15) is 9.89 Å². The Morgan fingerprint density at radius 1 is 1.07 bits per heavy atom. The standard InChI is InChI=1S/C19H18FN3O7/c1-3-28-16(24)9-22-19(27)23-13-6-5-11(20)7-12(13)15(8-14(23)18(26)21-22)30-10-17(25)29-4-2/h5-8H,3-4,9-10H2,1-2H3/p+1. The Morgan fingerprint density at radius 2 is 1.77 bits per heavy atom. The Morgan fingerprint density at radius 3 is 2.47 bits per heavy atom. The van der Waals surface area contributed by atoms with E-state index in [9.17, 15) is 23.6 Å². The third-order valence-electron chi connectivity index (χ3n) is 4.11. The van der Waals surface area contributed by atoms with Crippen LogP contribution in [-0.2, 0) is 25.6 Å². The third-order valence-corrected chi connectivity index (χ3v) is 4.11. The number of fused-ring (bicyclic) bond motifs is 3. The van der Waals surface area contributed by atoms with Crippen LogP contribution in [0, 0.1) is 5.82 Å². The number of ether oxygens (including phenoxy) is 3. The molecule has 0 saturated carbocycles. The van der Waals surface area contributed by atoms with Gasteiger partial charge in [-0.15, -0.1) is 9.08 Å². The van der Waals surface area contributed by atoms with Crippen LogP contribution in [0.3, 0.4) is 0 Å². The predicted molar refractivity (Wildman–Crippen MR) is 101 cm³/mol. The molecule has 0 aliphatic carbocycles. The van der Waals surface area contributed by atoms with E-state index in [0.717, 1.165) is 21.2 Å². The fourth-order valence-corrected chi connectivity index (χ4v) is 2.92. The van der Waals surface area contributed by atoms with Gasteiger partial charge in [0.05, 0.1) is 18.6 Å². The van der Waals surface area contributed by atoms with Gasteiger partial charge in [0.25, 0.3) is 0 Å². The van der Waals surface area contributed by atoms with Crippen LogP contribution >= 0.6 is 0 Å². The number of H-pyrrole nitrogens is 1. The predicted octanol–water partition coefficient (Wildman–Crippen LogP) is 0.0726. The van der Waals surface area contributed by atoms with Crippen molar-refractivity contribution in [1.82, 2.24) is 9.78 Å². The lowest BCUT2D eigenvalue weighted by Gasteiger charge is -2.10. The number of aromatic nitrogens is 3. The first-order valence-corrected chi connectivity index (χ1v) is 9.10. The lowest BCUT2D eigenvalue weighted by molar-refractivity contribution is -0.508. The summed E-state index contributed by atoms with van der Waals surface area (Å²) in [4.78, 5) is 48.9. The number of hydrogen-bond donors (Lipinski definition) is 1. The van der Waals surface area contributed by atoms with Gasteiger partial charge in [0.2, 0.25) is 12.1 Å². The highest BCUT2D eigenvalue weighted by molar-refractivity contribution is 5.85. The minimum Gasteiger partial charge on any atom is -0.481 e. The molecule has 0 fully saturated rings. The molecule has 0 aliphatic rings. The lowest BCUT2D eigenvalue weighted by atomic mass is 10.2. The molecule has 0 saturated heterocycles. The van der Waals surface area contributed by atoms with Crippen LogP contribution in [0.15, 0.2) is 33.9 Å². The summed E-state index contributed by atoms with van der Waals surface area (Å²) < 4.78 is 30.7. The highest BCUT2D eigenvalue weighted by Crippen LogP contribution is 2.24. The number of halogens is 1. The average molecular weight is 420 g/mol. The maximum atomic E-state index is 13.9. The highest BCUT2D eigenvalue weighted by Gasteiger charge is 2.23. The van der Waals surface area contributed by atoms with Gasteiger partial charge in [0.1, 0.15) is 17.1 Å². The second-order valence-corrected chi connectivity index (χ2v) is 6.10. The van der Waals surface area contributed by atoms with E-state index in [2.05, 4.69) is 5.10 Å². The number of nitrogens with zero attached hydrogens (tertiary/aromatic N) is 2. The number of nitrogens with one attached hydrogen (secondary N) is 1. The van der Waals surface area contributed by atoms with E-state index in [0.29, 0.717) is 0 Å². The quantitative estimate of drug-likeness (QED) is 0.326. The van der Waals surface area contributed by atoms with Crippen LogP contribution in [0.1, 0.15) is 13.8 Å². The molecule has 0 aliphatic heterocycles. The zero-order valence-corrected chi connectivity index (χ0v) is 16.3. The van der Waals surface area contributed by atoms with Crippen molar-refractivity contribution in [2.45, 2.75) is 20.4 Å². The van der Waals surface area contributed by atoms with Crippen LogP contribution in [0.25, 0.3) is 16.4 Å². The maximum Gasteiger partial charge on any atom is 0.523 e. The van der Waals surface area contributed by atoms with Crippen LogP contribution < -0.4 is 20.4 Å². The van der Waals surface area contributed by atoms with Gasteiger partial charge in [-0.25, -0.2) is 14.0 Å². The zero-order chi connectivity index (χ0) is 21.8. The van der Waals surface area contributed by atoms with Crippen LogP contribution in [-0.4, -0.2) is 41.5 Å². The number of carbonyl (C=O) groups excluding carboxylic acids is 2. The normalized spacial score (nSPS) is 10.9. The Labute approximate surface area is 168 Å². The Kier molecular flexibility index (Phi) is 6.09. The van der Waals surface area contributed by atoms with Crippen molar-refractivity contribution >= 4 is 28.4 Å². The van der Waals surface area contributed by atoms with Gasteiger partial charge in [-0.1, -0.05) is 0 Å². The van der Waals surface area contributed by atoms with Gasteiger partial charge in [-0.3, -0.25) is 4.79 Å². The maximum absolute atomic E-state index is 13.9. The minimum absolute atomic E-state index is 0.0191. The van der Waals surface area contributed by atoms with Crippen molar-refractivity contribution < 1.29 is 32.6 Å². The minimum atomic E-state index is -0.744. The van der Waals surface area contributed by atoms with E-state index in [1.54, 1.807) is 13.8 Å². The molecule has 0 bridgehead atoms. The number of aromatic amines is 1. The monoisotopic (exact) mass is 420 g/mol. The van der Waals surface area contributed by atoms with E-state index < -0.39 is 42.2 Å². The van der Waals surface area contributed by atoms with Crippen LogP contribution in [0.5, 0.6) is 5.75 Å². The number of rotatable bonds is 7. The molecule has 2 heterocycles. The summed E-state index contributed by atoms with van der Waals surface area (Å²) in [6.07, 6.45) is 0. The molecule has 0 spiro atoms. The molecule has 0 unspecified atom stereocenters. The molecule has 2 aromatic heterocycles. The Balaban J connectivity index is 2.21. The zero-order valence-electron chi connectivity index (χ0n) is 16.3. The van der Waals surface area contributed by atoms with Crippen molar-refractivity contribution in [3.63, 3.8) is 0 Å². The van der Waals surface area contributed by atoms with E-state index in [1.807, 2.05) is 0 Å². The molecule has 3 aromatic rings. The summed E-state index contributed by atoms with van der Waals surface area (Å²) in [5.74, 6) is -1.95. The number of hydrogen-bond acceptors (Lipinski definition) is 7. The molecule has 1 aromatic carbocycles. The summed E-state index contributed by atoms with van der Waals surface area (Å²) >= 11 is 0. The molecule has 0 amide bonds. The average Bonchev–Trinajstić information content (AvgIpc) is 2.70. The van der Waals surface area contributed by atoms with E-state index in [1.165, 1.54) is 12.1 Å². The van der Waals surface area contributed by atoms with Crippen LogP contribution in [0.4, 0.5) is 4.39 Å². The number of benzene rings is 1.